The standard InChI is InChI=1S/C17H16N2O4/c1-2-18-16(20)12-8-9-15-13(10-12)11-17(23-15,19(21)22)14-6-4-3-5-7-14/h3-10H,2,11H2,1H3,(H,18,20). The lowest BCUT2D eigenvalue weighted by atomic mass is 9.97. The maximum Gasteiger partial charge on any atom is 0.394 e. The highest BCUT2D eigenvalue weighted by atomic mass is 16.7. The molecule has 1 N–H and O–H groups in total. The van der Waals surface area contributed by atoms with E-state index < -0.39 is 10.6 Å². The van der Waals surface area contributed by atoms with Crippen molar-refractivity contribution in [3.05, 3.63) is 75.3 Å². The summed E-state index contributed by atoms with van der Waals surface area (Å²) in [7, 11) is 0. The van der Waals surface area contributed by atoms with Crippen molar-refractivity contribution in [2.45, 2.75) is 19.1 Å². The van der Waals surface area contributed by atoms with Gasteiger partial charge < -0.3 is 10.1 Å². The number of rotatable bonds is 4. The molecule has 23 heavy (non-hydrogen) atoms. The molecule has 6 nitrogen and oxygen atoms in total. The second-order valence-corrected chi connectivity index (χ2v) is 5.37. The van der Waals surface area contributed by atoms with Crippen LogP contribution in [-0.4, -0.2) is 17.4 Å². The van der Waals surface area contributed by atoms with E-state index in [0.717, 1.165) is 0 Å². The number of benzene rings is 2. The molecule has 0 aromatic heterocycles. The van der Waals surface area contributed by atoms with Crippen LogP contribution in [0.25, 0.3) is 0 Å². The third kappa shape index (κ3) is 2.52. The van der Waals surface area contributed by atoms with Crippen LogP contribution in [0.5, 0.6) is 5.75 Å². The number of ether oxygens (including phenoxy) is 1. The first-order valence-electron chi connectivity index (χ1n) is 7.37. The number of carbonyl (C=O) groups is 1. The molecule has 6 heteroatoms. The highest BCUT2D eigenvalue weighted by molar-refractivity contribution is 5.94. The lowest BCUT2D eigenvalue weighted by Crippen LogP contribution is -2.40. The van der Waals surface area contributed by atoms with Gasteiger partial charge in [-0.15, -0.1) is 0 Å². The summed E-state index contributed by atoms with van der Waals surface area (Å²) in [6, 6.07) is 13.5. The monoisotopic (exact) mass is 312 g/mol. The minimum Gasteiger partial charge on any atom is -0.424 e. The number of hydrogen-bond donors (Lipinski definition) is 1. The number of hydrogen-bond acceptors (Lipinski definition) is 4. The number of nitro groups is 1. The molecule has 1 amide bonds. The molecule has 1 aliphatic heterocycles. The maximum absolute atomic E-state index is 11.9. The number of amides is 1. The minimum absolute atomic E-state index is 0.0899. The van der Waals surface area contributed by atoms with Gasteiger partial charge in [0, 0.05) is 17.7 Å². The van der Waals surface area contributed by atoms with E-state index in [4.69, 9.17) is 4.74 Å². The summed E-state index contributed by atoms with van der Waals surface area (Å²) in [6.07, 6.45) is 0.0899. The van der Waals surface area contributed by atoms with E-state index in [-0.39, 0.29) is 12.3 Å². The third-order valence-electron chi connectivity index (χ3n) is 3.89. The molecule has 0 saturated heterocycles. The predicted molar refractivity (Wildman–Crippen MR) is 83.9 cm³/mol. The lowest BCUT2D eigenvalue weighted by molar-refractivity contribution is -0.623. The van der Waals surface area contributed by atoms with Crippen LogP contribution in [0.15, 0.2) is 48.5 Å². The molecule has 2 aromatic carbocycles. The van der Waals surface area contributed by atoms with Crippen LogP contribution in [0.3, 0.4) is 0 Å². The molecule has 1 atom stereocenters. The zero-order chi connectivity index (χ0) is 16.4. The van der Waals surface area contributed by atoms with Gasteiger partial charge in [-0.25, -0.2) is 0 Å². The molecule has 1 unspecified atom stereocenters. The summed E-state index contributed by atoms with van der Waals surface area (Å²) < 4.78 is 5.71. The van der Waals surface area contributed by atoms with E-state index in [1.807, 2.05) is 6.92 Å². The Morgan fingerprint density at radius 2 is 2.04 bits per heavy atom. The highest BCUT2D eigenvalue weighted by Gasteiger charge is 2.52. The van der Waals surface area contributed by atoms with Crippen LogP contribution in [-0.2, 0) is 12.1 Å². The smallest absolute Gasteiger partial charge is 0.394 e. The van der Waals surface area contributed by atoms with Gasteiger partial charge >= 0.3 is 5.72 Å². The zero-order valence-corrected chi connectivity index (χ0v) is 12.6. The highest BCUT2D eigenvalue weighted by Crippen LogP contribution is 2.42. The van der Waals surface area contributed by atoms with Gasteiger partial charge in [-0.3, -0.25) is 14.9 Å². The van der Waals surface area contributed by atoms with Crippen molar-refractivity contribution < 1.29 is 14.5 Å². The largest absolute Gasteiger partial charge is 0.424 e. The van der Waals surface area contributed by atoms with Crippen LogP contribution >= 0.6 is 0 Å². The Bertz CT molecular complexity index is 760. The van der Waals surface area contributed by atoms with E-state index in [9.17, 15) is 14.9 Å². The van der Waals surface area contributed by atoms with Gasteiger partial charge in [0.2, 0.25) is 0 Å². The SMILES string of the molecule is CCNC(=O)c1ccc2c(c1)CC(c1ccccc1)([N+](=O)[O-])O2. The second-order valence-electron chi connectivity index (χ2n) is 5.37. The van der Waals surface area contributed by atoms with Crippen LogP contribution in [0, 0.1) is 10.1 Å². The molecule has 0 bridgehead atoms. The molecular weight excluding hydrogens is 296 g/mol. The molecule has 0 aliphatic carbocycles. The van der Waals surface area contributed by atoms with Crippen LogP contribution in [0.4, 0.5) is 0 Å². The van der Waals surface area contributed by atoms with E-state index in [0.29, 0.717) is 29.0 Å². The molecule has 2 aromatic rings. The molecular formula is C17H16N2O4. The number of nitrogens with one attached hydrogen (secondary N) is 1. The molecule has 0 radical (unpaired) electrons. The molecule has 3 rings (SSSR count). The first-order chi connectivity index (χ1) is 11.1. The normalized spacial score (nSPS) is 18.8. The Kier molecular flexibility index (Phi) is 3.73. The predicted octanol–water partition coefficient (Wildman–Crippen LogP) is 2.50. The van der Waals surface area contributed by atoms with Crippen LogP contribution in [0.2, 0.25) is 0 Å². The van der Waals surface area contributed by atoms with Crippen molar-refractivity contribution >= 4 is 5.91 Å². The first-order valence-corrected chi connectivity index (χ1v) is 7.37. The first kappa shape index (κ1) is 15.0. The lowest BCUT2D eigenvalue weighted by Gasteiger charge is -2.19. The van der Waals surface area contributed by atoms with E-state index in [1.165, 1.54) is 0 Å². The fourth-order valence-electron chi connectivity index (χ4n) is 2.76. The topological polar surface area (TPSA) is 81.5 Å². The van der Waals surface area contributed by atoms with E-state index in [1.54, 1.807) is 48.5 Å². The molecule has 0 fully saturated rings. The maximum atomic E-state index is 11.9. The van der Waals surface area contributed by atoms with Crippen molar-refractivity contribution in [1.82, 2.24) is 5.32 Å². The van der Waals surface area contributed by atoms with Crippen molar-refractivity contribution in [2.75, 3.05) is 6.54 Å². The van der Waals surface area contributed by atoms with Crippen LogP contribution < -0.4 is 10.1 Å². The molecule has 118 valence electrons. The van der Waals surface area contributed by atoms with Crippen molar-refractivity contribution in [1.29, 1.82) is 0 Å². The fourth-order valence-corrected chi connectivity index (χ4v) is 2.76. The Balaban J connectivity index is 1.99. The summed E-state index contributed by atoms with van der Waals surface area (Å²) in [6.45, 7) is 2.36. The van der Waals surface area contributed by atoms with Gasteiger partial charge in [0.05, 0.1) is 16.9 Å². The molecule has 0 saturated carbocycles. The van der Waals surface area contributed by atoms with Crippen LogP contribution in [0.1, 0.15) is 28.4 Å². The molecule has 1 heterocycles. The quantitative estimate of drug-likeness (QED) is 0.694. The summed E-state index contributed by atoms with van der Waals surface area (Å²) in [5.74, 6) is 0.243. The van der Waals surface area contributed by atoms with Gasteiger partial charge in [-0.05, 0) is 37.3 Å². The van der Waals surface area contributed by atoms with Gasteiger partial charge in [0.1, 0.15) is 5.75 Å². The van der Waals surface area contributed by atoms with Gasteiger partial charge in [0.25, 0.3) is 5.91 Å². The van der Waals surface area contributed by atoms with Gasteiger partial charge in [-0.2, -0.15) is 0 Å². The average molecular weight is 312 g/mol. The Morgan fingerprint density at radius 1 is 1.30 bits per heavy atom. The minimum atomic E-state index is -1.64. The number of fused-ring (bicyclic) bond motifs is 1. The second kappa shape index (κ2) is 5.72. The van der Waals surface area contributed by atoms with Gasteiger partial charge in [0.15, 0.2) is 0 Å². The van der Waals surface area contributed by atoms with E-state index in [2.05, 4.69) is 5.32 Å². The molecule has 0 spiro atoms. The Labute approximate surface area is 133 Å². The number of nitrogens with zero attached hydrogens (tertiary/aromatic N) is 1. The molecule has 1 aliphatic rings. The van der Waals surface area contributed by atoms with Gasteiger partial charge in [-0.1, -0.05) is 18.2 Å². The number of carbonyl (C=O) groups excluding carboxylic acids is 1. The Hall–Kier alpha value is -2.89. The summed E-state index contributed by atoms with van der Waals surface area (Å²) >= 11 is 0. The Morgan fingerprint density at radius 3 is 2.70 bits per heavy atom. The zero-order valence-electron chi connectivity index (χ0n) is 12.6. The van der Waals surface area contributed by atoms with Crippen molar-refractivity contribution in [3.63, 3.8) is 0 Å². The van der Waals surface area contributed by atoms with E-state index >= 15 is 0 Å². The van der Waals surface area contributed by atoms with Crippen molar-refractivity contribution in [2.24, 2.45) is 0 Å². The fraction of sp³-hybridized carbons (Fsp3) is 0.235. The summed E-state index contributed by atoms with van der Waals surface area (Å²) in [4.78, 5) is 23.2. The third-order valence-corrected chi connectivity index (χ3v) is 3.89. The summed E-state index contributed by atoms with van der Waals surface area (Å²) in [5, 5.41) is 14.4. The van der Waals surface area contributed by atoms with Crippen molar-refractivity contribution in [3.8, 4) is 5.75 Å². The average Bonchev–Trinajstić information content (AvgIpc) is 2.96. The summed E-state index contributed by atoms with van der Waals surface area (Å²) in [5.41, 5.74) is -0.0137.